The number of likely N-dealkylation sites (tertiary alicyclic amines) is 1. The summed E-state index contributed by atoms with van der Waals surface area (Å²) in [6, 6.07) is 3.57. The van der Waals surface area contributed by atoms with Crippen LogP contribution in [0.2, 0.25) is 5.02 Å². The molecular formula is C21H33ClN4O3S. The second-order valence-electron chi connectivity index (χ2n) is 8.85. The van der Waals surface area contributed by atoms with Crippen molar-refractivity contribution in [3.8, 4) is 0 Å². The van der Waals surface area contributed by atoms with Crippen molar-refractivity contribution in [2.24, 2.45) is 5.92 Å². The minimum atomic E-state index is -3.77. The maximum Gasteiger partial charge on any atom is 0.253 e. The molecule has 0 aromatic heterocycles. The van der Waals surface area contributed by atoms with Crippen LogP contribution in [0.1, 0.15) is 42.5 Å². The molecular weight excluding hydrogens is 424 g/mol. The summed E-state index contributed by atoms with van der Waals surface area (Å²) < 4.78 is 26.5. The summed E-state index contributed by atoms with van der Waals surface area (Å²) in [5.74, 6) is 0.186. The molecule has 2 fully saturated rings. The standard InChI is InChI=1S/C21H33ClN4O3S/c1-24(2)19-13-16(22)20(30(28,29)25(3)4)12-15(19)21(27)23-17-10-11-26(5)18-9-7-6-8-14(17)18/h12-14,17-18H,6-11H2,1-5H3,(H,23,27)/t14-,17+,18+/m0/s1. The normalized spacial score (nSPS) is 25.1. The first-order valence-corrected chi connectivity index (χ1v) is 12.3. The first-order valence-electron chi connectivity index (χ1n) is 10.5. The SMILES string of the molecule is CN(C)c1cc(Cl)c(S(=O)(=O)N(C)C)cc1C(=O)N[C@@H]1CCN(C)[C@@H]2CCCC[C@H]21. The van der Waals surface area contributed by atoms with Gasteiger partial charge in [0.15, 0.2) is 0 Å². The molecule has 1 N–H and O–H groups in total. The Morgan fingerprint density at radius 2 is 1.80 bits per heavy atom. The number of halogens is 1. The van der Waals surface area contributed by atoms with Crippen molar-refractivity contribution in [3.63, 3.8) is 0 Å². The second kappa shape index (κ2) is 9.02. The van der Waals surface area contributed by atoms with E-state index in [1.54, 1.807) is 11.0 Å². The Morgan fingerprint density at radius 3 is 2.43 bits per heavy atom. The van der Waals surface area contributed by atoms with Crippen molar-refractivity contribution in [3.05, 3.63) is 22.7 Å². The third-order valence-electron chi connectivity index (χ3n) is 6.51. The molecule has 3 atom stereocenters. The van der Waals surface area contributed by atoms with Gasteiger partial charge in [-0.05, 0) is 44.4 Å². The predicted octanol–water partition coefficient (Wildman–Crippen LogP) is 2.65. The topological polar surface area (TPSA) is 73.0 Å². The number of fused-ring (bicyclic) bond motifs is 1. The van der Waals surface area contributed by atoms with Gasteiger partial charge in [-0.1, -0.05) is 24.4 Å². The van der Waals surface area contributed by atoms with Crippen LogP contribution >= 0.6 is 11.6 Å². The summed E-state index contributed by atoms with van der Waals surface area (Å²) in [5.41, 5.74) is 0.930. The summed E-state index contributed by atoms with van der Waals surface area (Å²) in [7, 11) is 4.93. The molecule has 7 nitrogen and oxygen atoms in total. The Labute approximate surface area is 185 Å². The van der Waals surface area contributed by atoms with E-state index >= 15 is 0 Å². The number of carbonyl (C=O) groups excluding carboxylic acids is 1. The zero-order valence-corrected chi connectivity index (χ0v) is 20.1. The number of carbonyl (C=O) groups is 1. The van der Waals surface area contributed by atoms with E-state index in [1.807, 2.05) is 14.1 Å². The molecule has 1 amide bonds. The summed E-state index contributed by atoms with van der Waals surface area (Å²) in [6.07, 6.45) is 5.61. The fourth-order valence-corrected chi connectivity index (χ4v) is 6.21. The number of rotatable bonds is 5. The van der Waals surface area contributed by atoms with Crippen LogP contribution in [0.15, 0.2) is 17.0 Å². The van der Waals surface area contributed by atoms with E-state index < -0.39 is 10.0 Å². The van der Waals surface area contributed by atoms with Crippen LogP contribution in [0, 0.1) is 5.92 Å². The van der Waals surface area contributed by atoms with E-state index in [-0.39, 0.29) is 21.9 Å². The monoisotopic (exact) mass is 456 g/mol. The lowest BCUT2D eigenvalue weighted by Crippen LogP contribution is -2.56. The zero-order chi connectivity index (χ0) is 22.2. The van der Waals surface area contributed by atoms with Crippen molar-refractivity contribution in [1.29, 1.82) is 0 Å². The molecule has 0 spiro atoms. The Balaban J connectivity index is 1.94. The van der Waals surface area contributed by atoms with Crippen molar-refractivity contribution in [1.82, 2.24) is 14.5 Å². The highest BCUT2D eigenvalue weighted by molar-refractivity contribution is 7.89. The molecule has 0 unspecified atom stereocenters. The molecule has 1 aliphatic heterocycles. The average Bonchev–Trinajstić information content (AvgIpc) is 2.69. The Kier molecular flexibility index (Phi) is 7.01. The fourth-order valence-electron chi connectivity index (χ4n) is 4.79. The van der Waals surface area contributed by atoms with Gasteiger partial charge in [0.25, 0.3) is 5.91 Å². The van der Waals surface area contributed by atoms with Crippen LogP contribution in [0.25, 0.3) is 0 Å². The van der Waals surface area contributed by atoms with Crippen LogP contribution in [-0.2, 0) is 10.0 Å². The molecule has 0 radical (unpaired) electrons. The minimum Gasteiger partial charge on any atom is -0.377 e. The highest BCUT2D eigenvalue weighted by Crippen LogP contribution is 2.36. The summed E-state index contributed by atoms with van der Waals surface area (Å²) >= 11 is 6.31. The summed E-state index contributed by atoms with van der Waals surface area (Å²) in [5, 5.41) is 3.34. The van der Waals surface area contributed by atoms with Gasteiger partial charge in [0.1, 0.15) is 4.90 Å². The number of hydrogen-bond acceptors (Lipinski definition) is 5. The quantitative estimate of drug-likeness (QED) is 0.737. The van der Waals surface area contributed by atoms with E-state index in [2.05, 4.69) is 17.3 Å². The van der Waals surface area contributed by atoms with Gasteiger partial charge < -0.3 is 15.1 Å². The van der Waals surface area contributed by atoms with Crippen molar-refractivity contribution in [2.75, 3.05) is 46.7 Å². The van der Waals surface area contributed by atoms with Crippen LogP contribution in [0.3, 0.4) is 0 Å². The van der Waals surface area contributed by atoms with E-state index in [0.717, 1.165) is 23.7 Å². The second-order valence-corrected chi connectivity index (χ2v) is 11.4. The molecule has 1 aromatic carbocycles. The highest BCUT2D eigenvalue weighted by Gasteiger charge is 2.39. The predicted molar refractivity (Wildman–Crippen MR) is 121 cm³/mol. The molecule has 0 bridgehead atoms. The molecule has 30 heavy (non-hydrogen) atoms. The molecule has 1 saturated carbocycles. The number of nitrogens with one attached hydrogen (secondary N) is 1. The maximum atomic E-state index is 13.4. The lowest BCUT2D eigenvalue weighted by atomic mass is 9.75. The third-order valence-corrected chi connectivity index (χ3v) is 8.79. The molecule has 1 heterocycles. The smallest absolute Gasteiger partial charge is 0.253 e. The minimum absolute atomic E-state index is 0.0520. The van der Waals surface area contributed by atoms with Crippen molar-refractivity contribution in [2.45, 2.75) is 49.1 Å². The van der Waals surface area contributed by atoms with E-state index in [0.29, 0.717) is 23.2 Å². The van der Waals surface area contributed by atoms with Crippen LogP contribution < -0.4 is 10.2 Å². The molecule has 168 valence electrons. The first-order chi connectivity index (χ1) is 14.0. The van der Waals surface area contributed by atoms with Crippen LogP contribution in [-0.4, -0.2) is 77.4 Å². The first kappa shape index (κ1) is 23.3. The summed E-state index contributed by atoms with van der Waals surface area (Å²) in [4.78, 5) is 17.5. The fraction of sp³-hybridized carbons (Fsp3) is 0.667. The Bertz CT molecular complexity index is 904. The van der Waals surface area contributed by atoms with Crippen LogP contribution in [0.5, 0.6) is 0 Å². The van der Waals surface area contributed by atoms with Gasteiger partial charge in [0.2, 0.25) is 10.0 Å². The maximum absolute atomic E-state index is 13.4. The number of hydrogen-bond donors (Lipinski definition) is 1. The Morgan fingerprint density at radius 1 is 1.13 bits per heavy atom. The number of anilines is 1. The molecule has 1 aliphatic carbocycles. The number of nitrogens with zero attached hydrogens (tertiary/aromatic N) is 3. The Hall–Kier alpha value is -1.35. The van der Waals surface area contributed by atoms with Gasteiger partial charge in [0, 0.05) is 46.8 Å². The van der Waals surface area contributed by atoms with Gasteiger partial charge >= 0.3 is 0 Å². The largest absolute Gasteiger partial charge is 0.377 e. The van der Waals surface area contributed by atoms with Gasteiger partial charge in [-0.25, -0.2) is 12.7 Å². The number of benzene rings is 1. The highest BCUT2D eigenvalue weighted by atomic mass is 35.5. The van der Waals surface area contributed by atoms with Gasteiger partial charge in [-0.3, -0.25) is 4.79 Å². The lowest BCUT2D eigenvalue weighted by molar-refractivity contribution is 0.0506. The molecule has 1 aromatic rings. The van der Waals surface area contributed by atoms with Crippen LogP contribution in [0.4, 0.5) is 5.69 Å². The van der Waals surface area contributed by atoms with E-state index in [9.17, 15) is 13.2 Å². The lowest BCUT2D eigenvalue weighted by Gasteiger charge is -2.47. The molecule has 1 saturated heterocycles. The van der Waals surface area contributed by atoms with Crippen molar-refractivity contribution >= 4 is 33.2 Å². The molecule has 3 rings (SSSR count). The van der Waals surface area contributed by atoms with Gasteiger partial charge in [-0.15, -0.1) is 0 Å². The van der Waals surface area contributed by atoms with Crippen molar-refractivity contribution < 1.29 is 13.2 Å². The zero-order valence-electron chi connectivity index (χ0n) is 18.5. The summed E-state index contributed by atoms with van der Waals surface area (Å²) in [6.45, 7) is 0.952. The van der Waals surface area contributed by atoms with Gasteiger partial charge in [0.05, 0.1) is 16.3 Å². The average molecular weight is 457 g/mol. The van der Waals surface area contributed by atoms with E-state index in [1.165, 1.54) is 39.4 Å². The number of sulfonamides is 1. The number of amides is 1. The molecule has 2 aliphatic rings. The number of piperidine rings is 1. The van der Waals surface area contributed by atoms with E-state index in [4.69, 9.17) is 11.6 Å². The molecule has 9 heteroatoms. The third kappa shape index (κ3) is 4.47. The van der Waals surface area contributed by atoms with Gasteiger partial charge in [-0.2, -0.15) is 0 Å².